The summed E-state index contributed by atoms with van der Waals surface area (Å²) >= 11 is 1.22. The maximum Gasteiger partial charge on any atom is 0.352 e. The molecule has 9 nitrogen and oxygen atoms in total. The number of aromatic hydroxyl groups is 1. The highest BCUT2D eigenvalue weighted by atomic mass is 32.1. The molecule has 3 aromatic rings. The van der Waals surface area contributed by atoms with Gasteiger partial charge in [-0.3, -0.25) is 15.5 Å². The van der Waals surface area contributed by atoms with E-state index in [1.165, 1.54) is 41.7 Å². The predicted octanol–water partition coefficient (Wildman–Crippen LogP) is 3.52. The molecule has 0 atom stereocenters. The van der Waals surface area contributed by atoms with Crippen molar-refractivity contribution in [3.05, 3.63) is 69.6 Å². The van der Waals surface area contributed by atoms with Gasteiger partial charge in [0.15, 0.2) is 0 Å². The minimum Gasteiger partial charge on any atom is -0.508 e. The van der Waals surface area contributed by atoms with Gasteiger partial charge in [0.25, 0.3) is 5.69 Å². The number of aliphatic carboxylic acids is 1. The smallest absolute Gasteiger partial charge is 0.352 e. The molecule has 0 radical (unpaired) electrons. The first kappa shape index (κ1) is 19.0. The molecule has 1 heterocycles. The summed E-state index contributed by atoms with van der Waals surface area (Å²) in [5.74, 6) is -1.15. The molecule has 0 fully saturated rings. The molecule has 3 N–H and O–H groups in total. The molecule has 0 saturated heterocycles. The maximum atomic E-state index is 11.5. The zero-order chi connectivity index (χ0) is 20.1. The van der Waals surface area contributed by atoms with Gasteiger partial charge < -0.3 is 10.2 Å². The highest BCUT2D eigenvalue weighted by molar-refractivity contribution is 7.14. The second kappa shape index (κ2) is 8.27. The van der Waals surface area contributed by atoms with Crippen molar-refractivity contribution in [1.82, 2.24) is 4.98 Å². The van der Waals surface area contributed by atoms with Gasteiger partial charge in [-0.15, -0.1) is 11.3 Å². The third-order valence-corrected chi connectivity index (χ3v) is 4.49. The Morgan fingerprint density at radius 3 is 2.61 bits per heavy atom. The molecule has 1 aromatic heterocycles. The van der Waals surface area contributed by atoms with Gasteiger partial charge in [-0.25, -0.2) is 9.78 Å². The van der Waals surface area contributed by atoms with Gasteiger partial charge in [-0.1, -0.05) is 18.2 Å². The van der Waals surface area contributed by atoms with E-state index >= 15 is 0 Å². The number of carboxylic acids is 1. The fraction of sp³-hybridized carbons (Fsp3) is 0.0556. The van der Waals surface area contributed by atoms with Crippen LogP contribution in [0.3, 0.4) is 0 Å². The van der Waals surface area contributed by atoms with E-state index in [-0.39, 0.29) is 29.1 Å². The zero-order valence-corrected chi connectivity index (χ0v) is 15.1. The number of hydrogen-bond acceptors (Lipinski definition) is 8. The van der Waals surface area contributed by atoms with Crippen molar-refractivity contribution in [3.63, 3.8) is 0 Å². The van der Waals surface area contributed by atoms with Gasteiger partial charge >= 0.3 is 5.97 Å². The Hall–Kier alpha value is -3.79. The van der Waals surface area contributed by atoms with Crippen LogP contribution in [0.2, 0.25) is 0 Å². The Morgan fingerprint density at radius 2 is 1.93 bits per heavy atom. The fourth-order valence-corrected chi connectivity index (χ4v) is 3.05. The second-order valence-corrected chi connectivity index (χ2v) is 6.48. The molecular formula is C18H14N4O5S. The molecule has 3 rings (SSSR count). The van der Waals surface area contributed by atoms with Crippen LogP contribution < -0.4 is 5.43 Å². The van der Waals surface area contributed by atoms with Crippen LogP contribution in [0.1, 0.15) is 5.56 Å². The molecule has 28 heavy (non-hydrogen) atoms. The number of nitrogens with zero attached hydrogens (tertiary/aromatic N) is 3. The van der Waals surface area contributed by atoms with Crippen molar-refractivity contribution < 1.29 is 19.9 Å². The number of nitro benzene ring substituents is 1. The Labute approximate surface area is 162 Å². The molecule has 142 valence electrons. The number of para-hydroxylation sites is 1. The average molecular weight is 398 g/mol. The Bertz CT molecular complexity index is 1050. The summed E-state index contributed by atoms with van der Waals surface area (Å²) in [7, 11) is 0. The Balaban J connectivity index is 1.78. The van der Waals surface area contributed by atoms with Gasteiger partial charge in [0, 0.05) is 29.0 Å². The van der Waals surface area contributed by atoms with E-state index in [0.29, 0.717) is 10.8 Å². The Morgan fingerprint density at radius 1 is 1.21 bits per heavy atom. The van der Waals surface area contributed by atoms with Crippen LogP contribution >= 0.6 is 11.3 Å². The van der Waals surface area contributed by atoms with E-state index in [1.54, 1.807) is 23.6 Å². The van der Waals surface area contributed by atoms with Crippen molar-refractivity contribution >= 4 is 33.8 Å². The molecule has 0 aliphatic carbocycles. The minimum absolute atomic E-state index is 0.142. The number of hydrazone groups is 1. The van der Waals surface area contributed by atoms with Gasteiger partial charge in [0.2, 0.25) is 5.13 Å². The van der Waals surface area contributed by atoms with Gasteiger partial charge in [-0.05, 0) is 24.3 Å². The van der Waals surface area contributed by atoms with Crippen LogP contribution in [-0.4, -0.2) is 31.8 Å². The molecular weight excluding hydrogens is 384 g/mol. The van der Waals surface area contributed by atoms with E-state index in [1.807, 2.05) is 0 Å². The first-order valence-corrected chi connectivity index (χ1v) is 8.85. The Kier molecular flexibility index (Phi) is 5.61. The normalized spacial score (nSPS) is 11.2. The summed E-state index contributed by atoms with van der Waals surface area (Å²) in [4.78, 5) is 26.3. The SMILES string of the molecule is O=C(O)/C(Cc1ccccc1[N+](=O)[O-])=N\Nc1nc(-c2ccc(O)cc2)cs1. The number of carbonyl (C=O) groups is 1. The van der Waals surface area contributed by atoms with Crippen molar-refractivity contribution in [2.45, 2.75) is 6.42 Å². The first-order chi connectivity index (χ1) is 13.4. The van der Waals surface area contributed by atoms with Crippen molar-refractivity contribution in [2.75, 3.05) is 5.43 Å². The number of hydrogen-bond donors (Lipinski definition) is 3. The van der Waals surface area contributed by atoms with Crippen LogP contribution in [0, 0.1) is 10.1 Å². The number of nitrogens with one attached hydrogen (secondary N) is 1. The summed E-state index contributed by atoms with van der Waals surface area (Å²) in [6.07, 6.45) is -0.213. The number of nitro groups is 1. The van der Waals surface area contributed by atoms with E-state index < -0.39 is 10.9 Å². The summed E-state index contributed by atoms with van der Waals surface area (Å²) < 4.78 is 0. The first-order valence-electron chi connectivity index (χ1n) is 7.97. The highest BCUT2D eigenvalue weighted by Gasteiger charge is 2.18. The largest absolute Gasteiger partial charge is 0.508 e. The number of thiazole rings is 1. The molecule has 0 spiro atoms. The predicted molar refractivity (Wildman–Crippen MR) is 105 cm³/mol. The molecule has 0 saturated carbocycles. The summed E-state index contributed by atoms with van der Waals surface area (Å²) in [5, 5.41) is 35.8. The number of benzene rings is 2. The fourth-order valence-electron chi connectivity index (χ4n) is 2.39. The topological polar surface area (TPSA) is 138 Å². The van der Waals surface area contributed by atoms with Crippen LogP contribution in [0.25, 0.3) is 11.3 Å². The van der Waals surface area contributed by atoms with Crippen molar-refractivity contribution in [3.8, 4) is 17.0 Å². The molecule has 2 aromatic carbocycles. The lowest BCUT2D eigenvalue weighted by molar-refractivity contribution is -0.385. The number of phenols is 1. The van der Waals surface area contributed by atoms with Gasteiger partial charge in [0.05, 0.1) is 10.6 Å². The third kappa shape index (κ3) is 4.48. The molecule has 0 bridgehead atoms. The quantitative estimate of drug-likeness (QED) is 0.314. The zero-order valence-electron chi connectivity index (χ0n) is 14.3. The van der Waals surface area contributed by atoms with Crippen molar-refractivity contribution in [2.24, 2.45) is 5.10 Å². The number of rotatable bonds is 7. The molecule has 0 unspecified atom stereocenters. The lowest BCUT2D eigenvalue weighted by atomic mass is 10.1. The number of carboxylic acid groups (broad SMARTS) is 1. The number of phenolic OH excluding ortho intramolecular Hbond substituents is 1. The van der Waals surface area contributed by atoms with E-state index in [9.17, 15) is 25.1 Å². The third-order valence-electron chi connectivity index (χ3n) is 3.75. The summed E-state index contributed by atoms with van der Waals surface area (Å²) in [6.45, 7) is 0. The standard InChI is InChI=1S/C18H14N4O5S/c23-13-7-5-11(6-8-13)15-10-28-18(19-15)21-20-14(17(24)25)9-12-3-1-2-4-16(12)22(26)27/h1-8,10,23H,9H2,(H,19,21)(H,24,25)/b20-14-. The maximum absolute atomic E-state index is 11.5. The molecule has 0 aliphatic heterocycles. The van der Waals surface area contributed by atoms with E-state index in [0.717, 1.165) is 5.56 Å². The van der Waals surface area contributed by atoms with Gasteiger partial charge in [-0.2, -0.15) is 5.10 Å². The van der Waals surface area contributed by atoms with Crippen LogP contribution in [0.4, 0.5) is 10.8 Å². The van der Waals surface area contributed by atoms with Crippen molar-refractivity contribution in [1.29, 1.82) is 0 Å². The van der Waals surface area contributed by atoms with Crippen LogP contribution in [0.5, 0.6) is 5.75 Å². The summed E-state index contributed by atoms with van der Waals surface area (Å²) in [6, 6.07) is 12.4. The number of aromatic nitrogens is 1. The monoisotopic (exact) mass is 398 g/mol. The highest BCUT2D eigenvalue weighted by Crippen LogP contribution is 2.26. The summed E-state index contributed by atoms with van der Waals surface area (Å²) in [5.41, 5.74) is 3.81. The van der Waals surface area contributed by atoms with Crippen LogP contribution in [0.15, 0.2) is 59.0 Å². The lowest BCUT2D eigenvalue weighted by Crippen LogP contribution is -2.18. The molecule has 10 heteroatoms. The lowest BCUT2D eigenvalue weighted by Gasteiger charge is -2.04. The van der Waals surface area contributed by atoms with E-state index in [2.05, 4.69) is 15.5 Å². The van der Waals surface area contributed by atoms with E-state index in [4.69, 9.17) is 0 Å². The van der Waals surface area contributed by atoms with Crippen LogP contribution in [-0.2, 0) is 11.2 Å². The number of anilines is 1. The minimum atomic E-state index is -1.29. The average Bonchev–Trinajstić information content (AvgIpc) is 3.14. The van der Waals surface area contributed by atoms with Gasteiger partial charge in [0.1, 0.15) is 11.5 Å². The molecule has 0 amide bonds. The molecule has 0 aliphatic rings. The second-order valence-electron chi connectivity index (χ2n) is 5.62.